The van der Waals surface area contributed by atoms with Crippen LogP contribution in [0.15, 0.2) is 24.3 Å². The molecular formula is C14H18N2O. The van der Waals surface area contributed by atoms with Gasteiger partial charge < -0.3 is 9.80 Å². The molecule has 1 aliphatic heterocycles. The summed E-state index contributed by atoms with van der Waals surface area (Å²) >= 11 is 0. The number of fused-ring (bicyclic) bond motifs is 1. The van der Waals surface area contributed by atoms with Gasteiger partial charge in [0.05, 0.1) is 11.4 Å². The number of hydrogen-bond acceptors (Lipinski definition) is 2. The number of benzene rings is 1. The molecular weight excluding hydrogens is 212 g/mol. The lowest BCUT2D eigenvalue weighted by atomic mass is 10.1. The van der Waals surface area contributed by atoms with E-state index in [9.17, 15) is 4.79 Å². The van der Waals surface area contributed by atoms with Crippen molar-refractivity contribution < 1.29 is 4.79 Å². The Bertz CT molecular complexity index is 440. The van der Waals surface area contributed by atoms with Crippen molar-refractivity contribution in [2.75, 3.05) is 22.9 Å². The first-order valence-corrected chi connectivity index (χ1v) is 6.47. The number of para-hydroxylation sites is 2. The van der Waals surface area contributed by atoms with E-state index in [-0.39, 0.29) is 5.91 Å². The average molecular weight is 230 g/mol. The van der Waals surface area contributed by atoms with Crippen molar-refractivity contribution in [2.24, 2.45) is 0 Å². The maximum atomic E-state index is 11.9. The lowest BCUT2D eigenvalue weighted by Crippen LogP contribution is -2.44. The zero-order valence-electron chi connectivity index (χ0n) is 10.2. The highest BCUT2D eigenvalue weighted by Crippen LogP contribution is 2.39. The van der Waals surface area contributed by atoms with E-state index in [4.69, 9.17) is 0 Å². The van der Waals surface area contributed by atoms with Crippen molar-refractivity contribution in [3.8, 4) is 0 Å². The third-order valence-electron chi connectivity index (χ3n) is 3.64. The van der Waals surface area contributed by atoms with Crippen molar-refractivity contribution in [2.45, 2.75) is 32.2 Å². The maximum Gasteiger partial charge on any atom is 0.226 e. The van der Waals surface area contributed by atoms with E-state index in [2.05, 4.69) is 23.1 Å². The predicted molar refractivity (Wildman–Crippen MR) is 69.5 cm³/mol. The van der Waals surface area contributed by atoms with E-state index >= 15 is 0 Å². The first-order chi connectivity index (χ1) is 8.31. The molecule has 1 aliphatic carbocycles. The van der Waals surface area contributed by atoms with Crippen LogP contribution in [0.3, 0.4) is 0 Å². The van der Waals surface area contributed by atoms with Gasteiger partial charge in [-0.2, -0.15) is 0 Å². The second-order valence-corrected chi connectivity index (χ2v) is 4.81. The van der Waals surface area contributed by atoms with E-state index < -0.39 is 0 Å². The van der Waals surface area contributed by atoms with Crippen LogP contribution in [0.25, 0.3) is 0 Å². The van der Waals surface area contributed by atoms with Crippen LogP contribution in [0.4, 0.5) is 11.4 Å². The molecule has 0 unspecified atom stereocenters. The molecule has 3 rings (SSSR count). The number of anilines is 2. The molecule has 0 aromatic heterocycles. The predicted octanol–water partition coefficient (Wildman–Crippen LogP) is 2.41. The number of hydrogen-bond donors (Lipinski definition) is 0. The fourth-order valence-corrected chi connectivity index (χ4v) is 2.60. The summed E-state index contributed by atoms with van der Waals surface area (Å²) in [6.07, 6.45) is 3.18. The van der Waals surface area contributed by atoms with Crippen molar-refractivity contribution in [1.29, 1.82) is 0 Å². The Hall–Kier alpha value is -1.51. The van der Waals surface area contributed by atoms with Crippen molar-refractivity contribution in [3.63, 3.8) is 0 Å². The Balaban J connectivity index is 1.97. The van der Waals surface area contributed by atoms with E-state index in [1.807, 2.05) is 17.9 Å². The molecule has 3 heteroatoms. The summed E-state index contributed by atoms with van der Waals surface area (Å²) < 4.78 is 0. The van der Waals surface area contributed by atoms with Gasteiger partial charge in [-0.15, -0.1) is 0 Å². The minimum Gasteiger partial charge on any atom is -0.365 e. The summed E-state index contributed by atoms with van der Waals surface area (Å²) in [6.45, 7) is 3.74. The van der Waals surface area contributed by atoms with Gasteiger partial charge in [0.15, 0.2) is 0 Å². The summed E-state index contributed by atoms with van der Waals surface area (Å²) in [6, 6.07) is 9.01. The fraction of sp³-hybridized carbons (Fsp3) is 0.500. The fourth-order valence-electron chi connectivity index (χ4n) is 2.60. The molecule has 1 heterocycles. The monoisotopic (exact) mass is 230 g/mol. The van der Waals surface area contributed by atoms with Crippen LogP contribution in [0, 0.1) is 0 Å². The smallest absolute Gasteiger partial charge is 0.226 e. The molecule has 0 spiro atoms. The molecule has 3 nitrogen and oxygen atoms in total. The summed E-state index contributed by atoms with van der Waals surface area (Å²) in [7, 11) is 0. The second kappa shape index (κ2) is 4.06. The molecule has 0 atom stereocenters. The number of carbonyl (C=O) groups is 1. The third kappa shape index (κ3) is 1.79. The number of carbonyl (C=O) groups excluding carboxylic acids is 1. The number of amides is 1. The zero-order valence-corrected chi connectivity index (χ0v) is 10.2. The Morgan fingerprint density at radius 3 is 2.59 bits per heavy atom. The quantitative estimate of drug-likeness (QED) is 0.779. The average Bonchev–Trinajstić information content (AvgIpc) is 3.21. The third-order valence-corrected chi connectivity index (χ3v) is 3.64. The van der Waals surface area contributed by atoms with Gasteiger partial charge in [-0.25, -0.2) is 0 Å². The molecule has 17 heavy (non-hydrogen) atoms. The molecule has 1 amide bonds. The Morgan fingerprint density at radius 2 is 1.94 bits per heavy atom. The van der Waals surface area contributed by atoms with Crippen LogP contribution in [-0.4, -0.2) is 25.0 Å². The van der Waals surface area contributed by atoms with Crippen LogP contribution in [0.5, 0.6) is 0 Å². The zero-order chi connectivity index (χ0) is 11.8. The Labute approximate surface area is 102 Å². The van der Waals surface area contributed by atoms with E-state index in [1.165, 1.54) is 18.5 Å². The first kappa shape index (κ1) is 10.6. The van der Waals surface area contributed by atoms with Crippen molar-refractivity contribution in [3.05, 3.63) is 24.3 Å². The molecule has 2 aliphatic rings. The van der Waals surface area contributed by atoms with Gasteiger partial charge in [0.2, 0.25) is 5.91 Å². The largest absolute Gasteiger partial charge is 0.365 e. The highest BCUT2D eigenvalue weighted by Gasteiger charge is 2.34. The van der Waals surface area contributed by atoms with Crippen LogP contribution in [0.1, 0.15) is 26.2 Å². The van der Waals surface area contributed by atoms with Crippen LogP contribution >= 0.6 is 0 Å². The Kier molecular flexibility index (Phi) is 2.54. The van der Waals surface area contributed by atoms with Crippen LogP contribution in [-0.2, 0) is 4.79 Å². The van der Waals surface area contributed by atoms with Gasteiger partial charge in [-0.1, -0.05) is 19.1 Å². The van der Waals surface area contributed by atoms with Gasteiger partial charge in [0.25, 0.3) is 0 Å². The first-order valence-electron chi connectivity index (χ1n) is 6.47. The standard InChI is InChI=1S/C14H18N2O/c1-2-14(17)16-10-9-15(11-7-8-11)12-5-3-4-6-13(12)16/h3-6,11H,2,7-10H2,1H3. The van der Waals surface area contributed by atoms with Gasteiger partial charge >= 0.3 is 0 Å². The minimum atomic E-state index is 0.230. The molecule has 1 aromatic carbocycles. The van der Waals surface area contributed by atoms with Gasteiger partial charge in [-0.05, 0) is 25.0 Å². The Morgan fingerprint density at radius 1 is 1.24 bits per heavy atom. The normalized spacial score (nSPS) is 19.1. The number of nitrogens with zero attached hydrogens (tertiary/aromatic N) is 2. The van der Waals surface area contributed by atoms with Crippen molar-refractivity contribution in [1.82, 2.24) is 0 Å². The van der Waals surface area contributed by atoms with Gasteiger partial charge in [-0.3, -0.25) is 4.79 Å². The van der Waals surface area contributed by atoms with Gasteiger partial charge in [0, 0.05) is 25.6 Å². The molecule has 0 saturated heterocycles. The highest BCUT2D eigenvalue weighted by molar-refractivity contribution is 5.97. The molecule has 1 aromatic rings. The minimum absolute atomic E-state index is 0.230. The van der Waals surface area contributed by atoms with E-state index in [0.29, 0.717) is 6.42 Å². The van der Waals surface area contributed by atoms with E-state index in [0.717, 1.165) is 24.8 Å². The maximum absolute atomic E-state index is 11.9. The SMILES string of the molecule is CCC(=O)N1CCN(C2CC2)c2ccccc21. The lowest BCUT2D eigenvalue weighted by Gasteiger charge is -2.37. The summed E-state index contributed by atoms with van der Waals surface area (Å²) in [5, 5.41) is 0. The lowest BCUT2D eigenvalue weighted by molar-refractivity contribution is -0.118. The summed E-state index contributed by atoms with van der Waals surface area (Å²) in [4.78, 5) is 16.3. The summed E-state index contributed by atoms with van der Waals surface area (Å²) in [5.41, 5.74) is 2.33. The van der Waals surface area contributed by atoms with E-state index in [1.54, 1.807) is 0 Å². The molecule has 1 fully saturated rings. The molecule has 1 saturated carbocycles. The topological polar surface area (TPSA) is 23.6 Å². The van der Waals surface area contributed by atoms with Crippen LogP contribution in [0.2, 0.25) is 0 Å². The molecule has 90 valence electrons. The van der Waals surface area contributed by atoms with Crippen LogP contribution < -0.4 is 9.80 Å². The molecule has 0 bridgehead atoms. The molecule has 0 N–H and O–H groups in total. The van der Waals surface area contributed by atoms with Gasteiger partial charge in [0.1, 0.15) is 0 Å². The highest BCUT2D eigenvalue weighted by atomic mass is 16.2. The molecule has 0 radical (unpaired) electrons. The number of rotatable bonds is 2. The second-order valence-electron chi connectivity index (χ2n) is 4.81. The summed E-state index contributed by atoms with van der Waals surface area (Å²) in [5.74, 6) is 0.230. The van der Waals surface area contributed by atoms with Crippen molar-refractivity contribution >= 4 is 17.3 Å².